The predicted octanol–water partition coefficient (Wildman–Crippen LogP) is 4.45. The van der Waals surface area contributed by atoms with Gasteiger partial charge in [-0.05, 0) is 36.6 Å². The molecule has 0 radical (unpaired) electrons. The molecule has 2 aliphatic rings. The van der Waals surface area contributed by atoms with Crippen molar-refractivity contribution in [3.8, 4) is 11.5 Å². The van der Waals surface area contributed by atoms with Crippen molar-refractivity contribution >= 4 is 28.7 Å². The van der Waals surface area contributed by atoms with Gasteiger partial charge in [-0.25, -0.2) is 4.98 Å². The summed E-state index contributed by atoms with van der Waals surface area (Å²) in [6.07, 6.45) is 2.67. The number of carbonyl (C=O) groups is 1. The first-order valence-electron chi connectivity index (χ1n) is 9.37. The predicted molar refractivity (Wildman–Crippen MR) is 110 cm³/mol. The van der Waals surface area contributed by atoms with Crippen LogP contribution < -0.4 is 9.47 Å². The molecular weight excluding hydrogens is 410 g/mol. The fraction of sp³-hybridized carbons (Fsp3) is 0.273. The maximum absolute atomic E-state index is 13.1. The molecule has 0 saturated heterocycles. The maximum atomic E-state index is 13.1. The molecule has 0 bridgehead atoms. The van der Waals surface area contributed by atoms with Crippen molar-refractivity contribution in [2.45, 2.75) is 30.8 Å². The molecule has 7 heteroatoms. The normalized spacial score (nSPS) is 17.2. The van der Waals surface area contributed by atoms with Gasteiger partial charge >= 0.3 is 0 Å². The molecule has 0 spiro atoms. The van der Waals surface area contributed by atoms with Gasteiger partial charge in [0.15, 0.2) is 11.5 Å². The Bertz CT molecular complexity index is 1090. The number of fused-ring (bicyclic) bond motifs is 1. The van der Waals surface area contributed by atoms with Crippen LogP contribution in [0.5, 0.6) is 11.5 Å². The van der Waals surface area contributed by atoms with Crippen LogP contribution >= 0.6 is 22.9 Å². The molecule has 2 heterocycles. The molecule has 148 valence electrons. The Labute approximate surface area is 176 Å². The molecule has 1 aliphatic heterocycles. The number of aliphatic hydroxyl groups is 1. The van der Waals surface area contributed by atoms with E-state index in [1.807, 2.05) is 30.3 Å². The maximum Gasteiger partial charge on any atom is 0.231 e. The van der Waals surface area contributed by atoms with Gasteiger partial charge in [0.2, 0.25) is 6.79 Å². The molecule has 29 heavy (non-hydrogen) atoms. The number of ketones is 1. The molecule has 5 nitrogen and oxygen atoms in total. The lowest BCUT2D eigenvalue weighted by atomic mass is 9.89. The van der Waals surface area contributed by atoms with Gasteiger partial charge in [-0.15, -0.1) is 11.3 Å². The van der Waals surface area contributed by atoms with E-state index in [0.717, 1.165) is 24.2 Å². The van der Waals surface area contributed by atoms with Crippen LogP contribution in [-0.4, -0.2) is 22.7 Å². The first-order chi connectivity index (χ1) is 14.1. The molecule has 2 aromatic carbocycles. The molecule has 1 saturated carbocycles. The smallest absolute Gasteiger partial charge is 0.231 e. The van der Waals surface area contributed by atoms with E-state index in [-0.39, 0.29) is 19.0 Å². The average Bonchev–Trinajstić information content (AvgIpc) is 3.18. The van der Waals surface area contributed by atoms with E-state index >= 15 is 0 Å². The van der Waals surface area contributed by atoms with Gasteiger partial charge in [-0.1, -0.05) is 35.9 Å². The van der Waals surface area contributed by atoms with Crippen LogP contribution in [0.25, 0.3) is 0 Å². The van der Waals surface area contributed by atoms with Crippen LogP contribution in [0.2, 0.25) is 5.02 Å². The summed E-state index contributed by atoms with van der Waals surface area (Å²) in [5.41, 5.74) is 1.14. The summed E-state index contributed by atoms with van der Waals surface area (Å²) < 4.78 is 10.8. The van der Waals surface area contributed by atoms with Gasteiger partial charge in [-0.2, -0.15) is 0 Å². The van der Waals surface area contributed by atoms with Crippen molar-refractivity contribution in [3.63, 3.8) is 0 Å². The van der Waals surface area contributed by atoms with Crippen molar-refractivity contribution in [1.29, 1.82) is 0 Å². The number of halogens is 1. The fourth-order valence-electron chi connectivity index (χ4n) is 3.74. The van der Waals surface area contributed by atoms with Gasteiger partial charge in [0.25, 0.3) is 0 Å². The minimum Gasteiger partial charge on any atom is -0.454 e. The van der Waals surface area contributed by atoms with Crippen LogP contribution in [0, 0.1) is 0 Å². The highest BCUT2D eigenvalue weighted by Gasteiger charge is 2.51. The van der Waals surface area contributed by atoms with Gasteiger partial charge in [0.05, 0.1) is 16.7 Å². The summed E-state index contributed by atoms with van der Waals surface area (Å²) >= 11 is 7.53. The minimum atomic E-state index is -0.853. The molecule has 1 aliphatic carbocycles. The third kappa shape index (κ3) is 3.31. The second-order valence-corrected chi connectivity index (χ2v) is 8.88. The van der Waals surface area contributed by atoms with Crippen molar-refractivity contribution in [2.24, 2.45) is 0 Å². The van der Waals surface area contributed by atoms with E-state index in [2.05, 4.69) is 4.98 Å². The van der Waals surface area contributed by atoms with Gasteiger partial charge in [0, 0.05) is 16.8 Å². The Kier molecular flexibility index (Phi) is 4.57. The Morgan fingerprint density at radius 3 is 2.79 bits per heavy atom. The molecule has 1 fully saturated rings. The number of hydrogen-bond acceptors (Lipinski definition) is 6. The number of thiazole rings is 1. The first kappa shape index (κ1) is 18.6. The molecule has 0 amide bonds. The Balaban J connectivity index is 1.33. The Hall–Kier alpha value is -2.41. The number of Topliss-reactive ketones (excluding diaryl/α,β-unsaturated/α-hetero) is 1. The van der Waals surface area contributed by atoms with Crippen LogP contribution in [0.15, 0.2) is 48.7 Å². The second-order valence-electron chi connectivity index (χ2n) is 7.33. The lowest BCUT2D eigenvalue weighted by Gasteiger charge is -2.14. The van der Waals surface area contributed by atoms with E-state index in [0.29, 0.717) is 26.2 Å². The zero-order valence-corrected chi connectivity index (χ0v) is 17.0. The topological polar surface area (TPSA) is 68.7 Å². The van der Waals surface area contributed by atoms with Crippen molar-refractivity contribution in [1.82, 2.24) is 4.98 Å². The number of aromatic nitrogens is 1. The molecule has 1 N–H and O–H groups in total. The van der Waals surface area contributed by atoms with E-state index in [1.165, 1.54) is 11.3 Å². The number of rotatable bonds is 6. The van der Waals surface area contributed by atoms with Crippen LogP contribution in [-0.2, 0) is 16.6 Å². The number of benzene rings is 2. The first-order valence-corrected chi connectivity index (χ1v) is 10.6. The van der Waals surface area contributed by atoms with Crippen molar-refractivity contribution in [2.75, 3.05) is 6.79 Å². The Morgan fingerprint density at radius 2 is 2.00 bits per heavy atom. The van der Waals surface area contributed by atoms with E-state index in [9.17, 15) is 9.90 Å². The third-order valence-corrected chi connectivity index (χ3v) is 6.96. The number of nitrogens with zero attached hydrogens (tertiary/aromatic N) is 1. The van der Waals surface area contributed by atoms with E-state index < -0.39 is 11.5 Å². The second kappa shape index (κ2) is 7.13. The fourth-order valence-corrected chi connectivity index (χ4v) is 4.90. The van der Waals surface area contributed by atoms with Gasteiger partial charge < -0.3 is 14.6 Å². The molecular formula is C22H18ClNO4S. The summed E-state index contributed by atoms with van der Waals surface area (Å²) in [5.74, 6) is 1.56. The van der Waals surface area contributed by atoms with E-state index in [4.69, 9.17) is 21.1 Å². The van der Waals surface area contributed by atoms with Crippen molar-refractivity contribution in [3.05, 3.63) is 74.7 Å². The molecule has 1 aromatic heterocycles. The van der Waals surface area contributed by atoms with Gasteiger partial charge in [0.1, 0.15) is 16.9 Å². The Morgan fingerprint density at radius 1 is 1.21 bits per heavy atom. The molecule has 0 unspecified atom stereocenters. The van der Waals surface area contributed by atoms with Crippen molar-refractivity contribution < 1.29 is 19.4 Å². The standard InChI is InChI=1S/C22H18ClNO4S/c23-15-4-2-1-3-14(15)21(26)18-11-24-20(29-18)10-19(25)22(7-8-22)13-5-6-16-17(9-13)28-12-27-16/h1-6,9,11,21,26H,7-8,10,12H2/t21-/m0/s1. The highest BCUT2D eigenvalue weighted by atomic mass is 35.5. The van der Waals surface area contributed by atoms with Crippen LogP contribution in [0.4, 0.5) is 0 Å². The van der Waals surface area contributed by atoms with Crippen LogP contribution in [0.1, 0.15) is 40.0 Å². The summed E-state index contributed by atoms with van der Waals surface area (Å²) in [6, 6.07) is 12.9. The molecule has 1 atom stereocenters. The average molecular weight is 428 g/mol. The highest BCUT2D eigenvalue weighted by molar-refractivity contribution is 7.11. The number of ether oxygens (including phenoxy) is 2. The number of hydrogen-bond donors (Lipinski definition) is 1. The summed E-state index contributed by atoms with van der Waals surface area (Å²) in [4.78, 5) is 18.2. The molecule has 5 rings (SSSR count). The third-order valence-electron chi connectivity index (χ3n) is 5.56. The lowest BCUT2D eigenvalue weighted by molar-refractivity contribution is -0.120. The zero-order valence-electron chi connectivity index (χ0n) is 15.4. The highest BCUT2D eigenvalue weighted by Crippen LogP contribution is 2.51. The quantitative estimate of drug-likeness (QED) is 0.629. The SMILES string of the molecule is O=C(Cc1ncc([C@@H](O)c2ccccc2Cl)s1)C1(c2ccc3c(c2)OCO3)CC1. The summed E-state index contributed by atoms with van der Waals surface area (Å²) in [6.45, 7) is 0.218. The minimum absolute atomic E-state index is 0.143. The number of aliphatic hydroxyl groups excluding tert-OH is 1. The monoisotopic (exact) mass is 427 g/mol. The summed E-state index contributed by atoms with van der Waals surface area (Å²) in [5, 5.41) is 11.8. The van der Waals surface area contributed by atoms with Gasteiger partial charge in [-0.3, -0.25) is 4.79 Å². The lowest BCUT2D eigenvalue weighted by Crippen LogP contribution is -2.22. The molecule has 3 aromatic rings. The summed E-state index contributed by atoms with van der Waals surface area (Å²) in [7, 11) is 0. The van der Waals surface area contributed by atoms with Crippen LogP contribution in [0.3, 0.4) is 0 Å². The largest absolute Gasteiger partial charge is 0.454 e. The zero-order chi connectivity index (χ0) is 20.0. The number of carbonyl (C=O) groups excluding carboxylic acids is 1. The van der Waals surface area contributed by atoms with E-state index in [1.54, 1.807) is 18.3 Å².